The van der Waals surface area contributed by atoms with E-state index in [4.69, 9.17) is 19.1 Å². The molecule has 1 atom stereocenters. The number of hydrogen-bond acceptors (Lipinski definition) is 6. The first kappa shape index (κ1) is 14.1. The maximum atomic E-state index is 9.12. The van der Waals surface area contributed by atoms with Crippen molar-refractivity contribution in [3.63, 3.8) is 0 Å². The zero-order valence-electron chi connectivity index (χ0n) is 10.4. The Balaban J connectivity index is 2.17. The zero-order valence-corrected chi connectivity index (χ0v) is 10.4. The SMILES string of the molecule is COCCOCCc1noc(CCC(C)O)n1. The van der Waals surface area contributed by atoms with Crippen LogP contribution in [0.4, 0.5) is 0 Å². The molecular weight excluding hydrogens is 224 g/mol. The second-order valence-corrected chi connectivity index (χ2v) is 3.85. The monoisotopic (exact) mass is 244 g/mol. The van der Waals surface area contributed by atoms with Gasteiger partial charge >= 0.3 is 0 Å². The van der Waals surface area contributed by atoms with Crippen LogP contribution in [0.25, 0.3) is 0 Å². The summed E-state index contributed by atoms with van der Waals surface area (Å²) in [5.41, 5.74) is 0. The van der Waals surface area contributed by atoms with Gasteiger partial charge in [-0.2, -0.15) is 4.98 Å². The quantitative estimate of drug-likeness (QED) is 0.640. The fourth-order valence-electron chi connectivity index (χ4n) is 1.23. The van der Waals surface area contributed by atoms with E-state index in [0.29, 0.717) is 50.8 Å². The molecule has 0 fully saturated rings. The van der Waals surface area contributed by atoms with Crippen LogP contribution in [0.3, 0.4) is 0 Å². The highest BCUT2D eigenvalue weighted by molar-refractivity contribution is 4.86. The molecule has 6 heteroatoms. The normalized spacial score (nSPS) is 12.9. The molecule has 0 bridgehead atoms. The Bertz CT molecular complexity index is 301. The van der Waals surface area contributed by atoms with Crippen molar-refractivity contribution >= 4 is 0 Å². The number of nitrogens with zero attached hydrogens (tertiary/aromatic N) is 2. The molecule has 0 aliphatic heterocycles. The van der Waals surface area contributed by atoms with Crippen molar-refractivity contribution in [3.05, 3.63) is 11.7 Å². The van der Waals surface area contributed by atoms with Crippen LogP contribution in [0, 0.1) is 0 Å². The minimum Gasteiger partial charge on any atom is -0.393 e. The number of rotatable bonds is 9. The van der Waals surface area contributed by atoms with E-state index in [9.17, 15) is 0 Å². The average molecular weight is 244 g/mol. The van der Waals surface area contributed by atoms with Gasteiger partial charge in [0, 0.05) is 20.0 Å². The Morgan fingerprint density at radius 1 is 1.29 bits per heavy atom. The Morgan fingerprint density at radius 3 is 2.82 bits per heavy atom. The molecule has 0 aromatic carbocycles. The predicted molar refractivity (Wildman–Crippen MR) is 60.7 cm³/mol. The minimum absolute atomic E-state index is 0.345. The van der Waals surface area contributed by atoms with E-state index in [2.05, 4.69) is 10.1 Å². The highest BCUT2D eigenvalue weighted by atomic mass is 16.5. The molecule has 1 aromatic rings. The third-order valence-corrected chi connectivity index (χ3v) is 2.19. The third-order valence-electron chi connectivity index (χ3n) is 2.19. The van der Waals surface area contributed by atoms with Crippen molar-refractivity contribution in [2.24, 2.45) is 0 Å². The van der Waals surface area contributed by atoms with Crippen molar-refractivity contribution in [1.82, 2.24) is 10.1 Å². The van der Waals surface area contributed by atoms with Gasteiger partial charge in [-0.25, -0.2) is 0 Å². The van der Waals surface area contributed by atoms with E-state index in [1.54, 1.807) is 14.0 Å². The maximum absolute atomic E-state index is 9.12. The number of methoxy groups -OCH3 is 1. The van der Waals surface area contributed by atoms with Gasteiger partial charge in [-0.3, -0.25) is 0 Å². The number of aromatic nitrogens is 2. The van der Waals surface area contributed by atoms with Crippen LogP contribution < -0.4 is 0 Å². The molecule has 0 aliphatic rings. The molecule has 0 saturated carbocycles. The summed E-state index contributed by atoms with van der Waals surface area (Å²) in [5, 5.41) is 13.0. The summed E-state index contributed by atoms with van der Waals surface area (Å²) in [6.07, 6.45) is 1.52. The summed E-state index contributed by atoms with van der Waals surface area (Å²) in [6, 6.07) is 0. The molecular formula is C11H20N2O4. The van der Waals surface area contributed by atoms with Gasteiger partial charge in [0.05, 0.1) is 25.9 Å². The predicted octanol–water partition coefficient (Wildman–Crippen LogP) is 0.589. The Morgan fingerprint density at radius 2 is 2.12 bits per heavy atom. The van der Waals surface area contributed by atoms with Crippen molar-refractivity contribution < 1.29 is 19.1 Å². The summed E-state index contributed by atoms with van der Waals surface area (Å²) in [7, 11) is 1.64. The van der Waals surface area contributed by atoms with Crippen molar-refractivity contribution in [3.8, 4) is 0 Å². The smallest absolute Gasteiger partial charge is 0.226 e. The van der Waals surface area contributed by atoms with Crippen LogP contribution in [0.1, 0.15) is 25.1 Å². The Kier molecular flexibility index (Phi) is 6.76. The van der Waals surface area contributed by atoms with E-state index < -0.39 is 0 Å². The summed E-state index contributed by atoms with van der Waals surface area (Å²) < 4.78 is 15.2. The summed E-state index contributed by atoms with van der Waals surface area (Å²) in [6.45, 7) is 3.45. The lowest BCUT2D eigenvalue weighted by atomic mass is 10.2. The van der Waals surface area contributed by atoms with Gasteiger partial charge in [0.25, 0.3) is 0 Å². The van der Waals surface area contributed by atoms with E-state index in [1.807, 2.05) is 0 Å². The van der Waals surface area contributed by atoms with Crippen molar-refractivity contribution in [2.75, 3.05) is 26.9 Å². The average Bonchev–Trinajstić information content (AvgIpc) is 2.74. The summed E-state index contributed by atoms with van der Waals surface area (Å²) in [4.78, 5) is 4.20. The third kappa shape index (κ3) is 6.35. The molecule has 6 nitrogen and oxygen atoms in total. The maximum Gasteiger partial charge on any atom is 0.226 e. The summed E-state index contributed by atoms with van der Waals surface area (Å²) >= 11 is 0. The van der Waals surface area contributed by atoms with E-state index >= 15 is 0 Å². The second-order valence-electron chi connectivity index (χ2n) is 3.85. The molecule has 1 N–H and O–H groups in total. The first-order valence-electron chi connectivity index (χ1n) is 5.78. The fraction of sp³-hybridized carbons (Fsp3) is 0.818. The van der Waals surface area contributed by atoms with Crippen LogP contribution in [0.2, 0.25) is 0 Å². The Hall–Kier alpha value is -0.980. The van der Waals surface area contributed by atoms with Crippen LogP contribution in [-0.4, -0.2) is 48.3 Å². The van der Waals surface area contributed by atoms with Gasteiger partial charge in [0.2, 0.25) is 5.89 Å². The number of hydrogen-bond donors (Lipinski definition) is 1. The molecule has 98 valence electrons. The second kappa shape index (κ2) is 8.16. The lowest BCUT2D eigenvalue weighted by molar-refractivity contribution is 0.0714. The van der Waals surface area contributed by atoms with Gasteiger partial charge < -0.3 is 19.1 Å². The van der Waals surface area contributed by atoms with Gasteiger partial charge in [-0.1, -0.05) is 5.16 Å². The number of aliphatic hydroxyl groups excluding tert-OH is 1. The lowest BCUT2D eigenvalue weighted by Crippen LogP contribution is -2.06. The molecule has 0 radical (unpaired) electrons. The molecule has 1 unspecified atom stereocenters. The zero-order chi connectivity index (χ0) is 12.5. The van der Waals surface area contributed by atoms with E-state index in [0.717, 1.165) is 0 Å². The van der Waals surface area contributed by atoms with Gasteiger partial charge in [-0.05, 0) is 13.3 Å². The van der Waals surface area contributed by atoms with Gasteiger partial charge in [-0.15, -0.1) is 0 Å². The van der Waals surface area contributed by atoms with Crippen LogP contribution in [-0.2, 0) is 22.3 Å². The molecule has 0 saturated heterocycles. The lowest BCUT2D eigenvalue weighted by Gasteiger charge is -2.00. The van der Waals surface area contributed by atoms with Crippen LogP contribution >= 0.6 is 0 Å². The molecule has 0 amide bonds. The highest BCUT2D eigenvalue weighted by Gasteiger charge is 2.07. The standard InChI is InChI=1S/C11H20N2O4/c1-9(14)3-4-11-12-10(13-17-11)5-6-16-8-7-15-2/h9,14H,3-8H2,1-2H3. The Labute approximate surface area is 101 Å². The number of ether oxygens (including phenoxy) is 2. The molecule has 1 aromatic heterocycles. The molecule has 0 aliphatic carbocycles. The topological polar surface area (TPSA) is 77.6 Å². The van der Waals surface area contributed by atoms with Crippen LogP contribution in [0.15, 0.2) is 4.52 Å². The first-order valence-corrected chi connectivity index (χ1v) is 5.78. The molecule has 1 rings (SSSR count). The summed E-state index contributed by atoms with van der Waals surface area (Å²) in [5.74, 6) is 1.21. The number of aryl methyl sites for hydroxylation is 1. The van der Waals surface area contributed by atoms with Gasteiger partial charge in [0.1, 0.15) is 0 Å². The van der Waals surface area contributed by atoms with Crippen molar-refractivity contribution in [2.45, 2.75) is 32.3 Å². The van der Waals surface area contributed by atoms with E-state index in [1.165, 1.54) is 0 Å². The highest BCUT2D eigenvalue weighted by Crippen LogP contribution is 2.03. The van der Waals surface area contributed by atoms with Crippen molar-refractivity contribution in [1.29, 1.82) is 0 Å². The molecule has 0 spiro atoms. The first-order chi connectivity index (χ1) is 8.22. The van der Waals surface area contributed by atoms with Crippen LogP contribution in [0.5, 0.6) is 0 Å². The molecule has 17 heavy (non-hydrogen) atoms. The molecule has 1 heterocycles. The van der Waals surface area contributed by atoms with Gasteiger partial charge in [0.15, 0.2) is 5.82 Å². The largest absolute Gasteiger partial charge is 0.393 e. The fourth-order valence-corrected chi connectivity index (χ4v) is 1.23. The van der Waals surface area contributed by atoms with E-state index in [-0.39, 0.29) is 6.10 Å². The minimum atomic E-state index is -0.345. The number of aliphatic hydroxyl groups is 1.